The molecule has 102 valence electrons. The third-order valence-electron chi connectivity index (χ3n) is 3.24. The van der Waals surface area contributed by atoms with Crippen LogP contribution in [-0.2, 0) is 13.6 Å². The van der Waals surface area contributed by atoms with Crippen LogP contribution in [-0.4, -0.2) is 14.3 Å². The van der Waals surface area contributed by atoms with E-state index in [0.29, 0.717) is 22.0 Å². The fourth-order valence-corrected chi connectivity index (χ4v) is 2.76. The number of hydrogen-bond acceptors (Lipinski definition) is 2. The molecule has 0 atom stereocenters. The Labute approximate surface area is 125 Å². The van der Waals surface area contributed by atoms with Gasteiger partial charge < -0.3 is 4.57 Å². The third kappa shape index (κ3) is 2.11. The molecule has 0 fully saturated rings. The fourth-order valence-electron chi connectivity index (χ4n) is 2.24. The van der Waals surface area contributed by atoms with Crippen LogP contribution in [0.3, 0.4) is 0 Å². The zero-order valence-corrected chi connectivity index (χ0v) is 12.2. The molecule has 0 amide bonds. The van der Waals surface area contributed by atoms with Gasteiger partial charge >= 0.3 is 0 Å². The minimum absolute atomic E-state index is 0.0467. The summed E-state index contributed by atoms with van der Waals surface area (Å²) in [6, 6.07) is 6.92. The quantitative estimate of drug-likeness (QED) is 0.730. The predicted molar refractivity (Wildman–Crippen MR) is 80.5 cm³/mol. The van der Waals surface area contributed by atoms with E-state index in [4.69, 9.17) is 23.2 Å². The van der Waals surface area contributed by atoms with Crippen molar-refractivity contribution in [3.63, 3.8) is 0 Å². The second-order valence-corrected chi connectivity index (χ2v) is 5.33. The first-order chi connectivity index (χ1) is 9.58. The summed E-state index contributed by atoms with van der Waals surface area (Å²) in [4.78, 5) is 11.8. The highest BCUT2D eigenvalue weighted by molar-refractivity contribution is 6.36. The van der Waals surface area contributed by atoms with Crippen molar-refractivity contribution in [3.05, 3.63) is 62.5 Å². The van der Waals surface area contributed by atoms with E-state index in [-0.39, 0.29) is 5.43 Å². The Hall–Kier alpha value is -1.78. The summed E-state index contributed by atoms with van der Waals surface area (Å²) < 4.78 is 3.58. The summed E-state index contributed by atoms with van der Waals surface area (Å²) in [6.45, 7) is 0.481. The number of fused-ring (bicyclic) bond motifs is 1. The van der Waals surface area contributed by atoms with Gasteiger partial charge in [0.25, 0.3) is 0 Å². The van der Waals surface area contributed by atoms with Crippen LogP contribution in [0, 0.1) is 0 Å². The molecule has 0 N–H and O–H groups in total. The van der Waals surface area contributed by atoms with Crippen LogP contribution in [0.1, 0.15) is 5.56 Å². The van der Waals surface area contributed by atoms with E-state index in [0.717, 1.165) is 11.2 Å². The van der Waals surface area contributed by atoms with Gasteiger partial charge in [-0.1, -0.05) is 29.3 Å². The number of nitrogens with zero attached hydrogens (tertiary/aromatic N) is 3. The number of rotatable bonds is 2. The van der Waals surface area contributed by atoms with Crippen molar-refractivity contribution in [2.45, 2.75) is 6.54 Å². The van der Waals surface area contributed by atoms with Gasteiger partial charge in [0.05, 0.1) is 18.1 Å². The van der Waals surface area contributed by atoms with Gasteiger partial charge in [-0.2, -0.15) is 5.10 Å². The molecule has 3 aromatic rings. The molecule has 4 nitrogen and oxygen atoms in total. The molecule has 20 heavy (non-hydrogen) atoms. The first kappa shape index (κ1) is 13.2. The van der Waals surface area contributed by atoms with Crippen molar-refractivity contribution in [1.82, 2.24) is 14.3 Å². The maximum Gasteiger partial charge on any atom is 0.192 e. The standard InChI is InChI=1S/C14H11Cl2N3O/c1-18-14-9(7-17-18)13(20)5-6-19(14)8-10-11(15)3-2-4-12(10)16/h2-7H,8H2,1H3. The van der Waals surface area contributed by atoms with Gasteiger partial charge in [0.15, 0.2) is 5.43 Å². The van der Waals surface area contributed by atoms with Crippen molar-refractivity contribution in [1.29, 1.82) is 0 Å². The van der Waals surface area contributed by atoms with E-state index in [1.165, 1.54) is 6.07 Å². The summed E-state index contributed by atoms with van der Waals surface area (Å²) >= 11 is 12.4. The first-order valence-electron chi connectivity index (χ1n) is 6.02. The van der Waals surface area contributed by atoms with Crippen LogP contribution < -0.4 is 5.43 Å². The van der Waals surface area contributed by atoms with E-state index >= 15 is 0 Å². The van der Waals surface area contributed by atoms with Crippen LogP contribution in [0.5, 0.6) is 0 Å². The monoisotopic (exact) mass is 307 g/mol. The second-order valence-electron chi connectivity index (χ2n) is 4.51. The molecule has 0 spiro atoms. The van der Waals surface area contributed by atoms with Gasteiger partial charge in [-0.3, -0.25) is 9.48 Å². The van der Waals surface area contributed by atoms with Crippen molar-refractivity contribution in [3.8, 4) is 0 Å². The molecule has 0 radical (unpaired) electrons. The van der Waals surface area contributed by atoms with Gasteiger partial charge in [-0.25, -0.2) is 0 Å². The predicted octanol–water partition coefficient (Wildman–Crippen LogP) is 3.09. The van der Waals surface area contributed by atoms with E-state index in [9.17, 15) is 4.79 Å². The lowest BCUT2D eigenvalue weighted by Gasteiger charge is -2.12. The van der Waals surface area contributed by atoms with Crippen LogP contribution in [0.2, 0.25) is 10.0 Å². The number of aromatic nitrogens is 3. The Morgan fingerprint density at radius 1 is 1.20 bits per heavy atom. The Morgan fingerprint density at radius 3 is 2.60 bits per heavy atom. The highest BCUT2D eigenvalue weighted by Gasteiger charge is 2.11. The van der Waals surface area contributed by atoms with Crippen LogP contribution in [0.25, 0.3) is 11.0 Å². The summed E-state index contributed by atoms with van der Waals surface area (Å²) in [5, 5.41) is 5.92. The molecule has 0 unspecified atom stereocenters. The minimum Gasteiger partial charge on any atom is -0.328 e. The average Bonchev–Trinajstić information content (AvgIpc) is 2.80. The summed E-state index contributed by atoms with van der Waals surface area (Å²) in [5.41, 5.74) is 1.52. The molecule has 6 heteroatoms. The van der Waals surface area contributed by atoms with E-state index in [1.807, 2.05) is 4.57 Å². The van der Waals surface area contributed by atoms with Crippen molar-refractivity contribution in [2.75, 3.05) is 0 Å². The van der Waals surface area contributed by atoms with Crippen molar-refractivity contribution >= 4 is 34.2 Å². The number of hydrogen-bond donors (Lipinski definition) is 0. The molecule has 2 heterocycles. The lowest BCUT2D eigenvalue weighted by molar-refractivity contribution is 0.727. The SMILES string of the molecule is Cn1ncc2c(=O)ccn(Cc3c(Cl)cccc3Cl)c21. The molecule has 0 aliphatic rings. The van der Waals surface area contributed by atoms with Crippen LogP contribution in [0.4, 0.5) is 0 Å². The molecule has 1 aromatic carbocycles. The number of aryl methyl sites for hydroxylation is 1. The summed E-state index contributed by atoms with van der Waals surface area (Å²) in [7, 11) is 1.80. The number of benzene rings is 1. The molecule has 2 aromatic heterocycles. The number of pyridine rings is 1. The maximum atomic E-state index is 11.8. The Kier molecular flexibility index (Phi) is 3.28. The molecule has 0 bridgehead atoms. The van der Waals surface area contributed by atoms with E-state index < -0.39 is 0 Å². The smallest absolute Gasteiger partial charge is 0.192 e. The molecule has 0 saturated heterocycles. The van der Waals surface area contributed by atoms with E-state index in [1.54, 1.807) is 42.3 Å². The summed E-state index contributed by atoms with van der Waals surface area (Å²) in [5.74, 6) is 0. The summed E-state index contributed by atoms with van der Waals surface area (Å²) in [6.07, 6.45) is 3.30. The lowest BCUT2D eigenvalue weighted by atomic mass is 10.2. The van der Waals surface area contributed by atoms with Gasteiger partial charge in [-0.05, 0) is 12.1 Å². The average molecular weight is 308 g/mol. The Balaban J connectivity index is 2.19. The van der Waals surface area contributed by atoms with Gasteiger partial charge in [-0.15, -0.1) is 0 Å². The molecule has 0 saturated carbocycles. The van der Waals surface area contributed by atoms with Gasteiger partial charge in [0, 0.05) is 34.9 Å². The largest absolute Gasteiger partial charge is 0.328 e. The number of halogens is 2. The highest BCUT2D eigenvalue weighted by Crippen LogP contribution is 2.25. The zero-order valence-electron chi connectivity index (χ0n) is 10.7. The van der Waals surface area contributed by atoms with E-state index in [2.05, 4.69) is 5.10 Å². The molecule has 0 aliphatic heterocycles. The maximum absolute atomic E-state index is 11.8. The Morgan fingerprint density at radius 2 is 1.90 bits per heavy atom. The molecular formula is C14H11Cl2N3O. The molecule has 3 rings (SSSR count). The second kappa shape index (κ2) is 4.96. The zero-order chi connectivity index (χ0) is 14.3. The van der Waals surface area contributed by atoms with Gasteiger partial charge in [0.2, 0.25) is 0 Å². The van der Waals surface area contributed by atoms with Crippen LogP contribution in [0.15, 0.2) is 41.5 Å². The first-order valence-corrected chi connectivity index (χ1v) is 6.77. The normalized spacial score (nSPS) is 11.2. The van der Waals surface area contributed by atoms with Gasteiger partial charge in [0.1, 0.15) is 5.65 Å². The fraction of sp³-hybridized carbons (Fsp3) is 0.143. The van der Waals surface area contributed by atoms with Crippen molar-refractivity contribution in [2.24, 2.45) is 7.05 Å². The third-order valence-corrected chi connectivity index (χ3v) is 3.95. The topological polar surface area (TPSA) is 39.8 Å². The van der Waals surface area contributed by atoms with Crippen molar-refractivity contribution < 1.29 is 0 Å². The Bertz CT molecular complexity index is 831. The minimum atomic E-state index is -0.0467. The highest BCUT2D eigenvalue weighted by atomic mass is 35.5. The molecule has 0 aliphatic carbocycles. The molecular weight excluding hydrogens is 297 g/mol. The van der Waals surface area contributed by atoms with Crippen LogP contribution >= 0.6 is 23.2 Å². The lowest BCUT2D eigenvalue weighted by Crippen LogP contribution is -2.11.